The molecule has 27 heavy (non-hydrogen) atoms. The number of aromatic amines is 1. The molecule has 0 unspecified atom stereocenters. The van der Waals surface area contributed by atoms with Gasteiger partial charge in [-0.15, -0.1) is 0 Å². The molecule has 3 rings (SSSR count). The summed E-state index contributed by atoms with van der Waals surface area (Å²) in [5.41, 5.74) is 1.21. The predicted octanol–water partition coefficient (Wildman–Crippen LogP) is 3.51. The van der Waals surface area contributed by atoms with E-state index in [1.54, 1.807) is 11.0 Å². The minimum atomic E-state index is -0.686. The van der Waals surface area contributed by atoms with Crippen molar-refractivity contribution in [1.82, 2.24) is 20.2 Å². The number of hydrogen-bond donors (Lipinski definition) is 2. The van der Waals surface area contributed by atoms with Gasteiger partial charge < -0.3 is 19.9 Å². The Morgan fingerprint density at radius 1 is 1.44 bits per heavy atom. The number of halogens is 2. The van der Waals surface area contributed by atoms with Gasteiger partial charge in [0.1, 0.15) is 17.7 Å². The molecule has 1 saturated heterocycles. The molecule has 2 aromatic rings. The second-order valence-corrected chi connectivity index (χ2v) is 7.81. The van der Waals surface area contributed by atoms with Crippen LogP contribution in [0.5, 0.6) is 0 Å². The molecule has 2 heterocycles. The average molecular weight is 441 g/mol. The van der Waals surface area contributed by atoms with Crippen LogP contribution in [0.4, 0.5) is 9.18 Å². The molecule has 2 amide bonds. The number of alkyl carbamates (subject to hydrolysis) is 1. The van der Waals surface area contributed by atoms with E-state index < -0.39 is 12.1 Å². The summed E-state index contributed by atoms with van der Waals surface area (Å²) in [6, 6.07) is 2.07. The van der Waals surface area contributed by atoms with Crippen LogP contribution in [-0.4, -0.2) is 46.6 Å². The highest BCUT2D eigenvalue weighted by Crippen LogP contribution is 2.33. The number of ether oxygens (including phenoxy) is 1. The second-order valence-electron chi connectivity index (χ2n) is 6.95. The summed E-state index contributed by atoms with van der Waals surface area (Å²) in [6.45, 7) is 4.31. The highest BCUT2D eigenvalue weighted by atomic mass is 79.9. The highest BCUT2D eigenvalue weighted by molar-refractivity contribution is 9.10. The number of carbonyl (C=O) groups excluding carboxylic acids is 2. The number of hydrogen-bond acceptors (Lipinski definition) is 4. The fraction of sp³-hybridized carbons (Fsp3) is 0.500. The number of aromatic nitrogens is 2. The van der Waals surface area contributed by atoms with Crippen molar-refractivity contribution in [3.63, 3.8) is 0 Å². The number of imidazole rings is 1. The number of benzene rings is 1. The third-order valence-corrected chi connectivity index (χ3v) is 5.39. The van der Waals surface area contributed by atoms with Gasteiger partial charge in [-0.2, -0.15) is 0 Å². The van der Waals surface area contributed by atoms with Crippen LogP contribution in [0.2, 0.25) is 0 Å². The van der Waals surface area contributed by atoms with Gasteiger partial charge in [-0.1, -0.05) is 13.8 Å². The van der Waals surface area contributed by atoms with Gasteiger partial charge in [-0.05, 0) is 40.8 Å². The molecular formula is C18H22BrFN4O3. The Balaban J connectivity index is 1.88. The van der Waals surface area contributed by atoms with E-state index in [1.165, 1.54) is 13.2 Å². The first kappa shape index (κ1) is 19.6. The van der Waals surface area contributed by atoms with Crippen LogP contribution in [0.25, 0.3) is 11.0 Å². The summed E-state index contributed by atoms with van der Waals surface area (Å²) in [4.78, 5) is 34.1. The Bertz CT molecular complexity index is 831. The van der Waals surface area contributed by atoms with Crippen molar-refractivity contribution >= 4 is 39.0 Å². The summed E-state index contributed by atoms with van der Waals surface area (Å²) in [7, 11) is 1.27. The van der Waals surface area contributed by atoms with Gasteiger partial charge in [-0.3, -0.25) is 4.79 Å². The van der Waals surface area contributed by atoms with E-state index >= 15 is 0 Å². The molecule has 0 spiro atoms. The van der Waals surface area contributed by atoms with Gasteiger partial charge in [0.15, 0.2) is 0 Å². The summed E-state index contributed by atoms with van der Waals surface area (Å²) >= 11 is 3.16. The van der Waals surface area contributed by atoms with E-state index in [1.807, 2.05) is 13.8 Å². The quantitative estimate of drug-likeness (QED) is 0.761. The van der Waals surface area contributed by atoms with Crippen molar-refractivity contribution in [1.29, 1.82) is 0 Å². The molecule has 0 saturated carbocycles. The van der Waals surface area contributed by atoms with Gasteiger partial charge in [-0.25, -0.2) is 14.2 Å². The summed E-state index contributed by atoms with van der Waals surface area (Å²) < 4.78 is 18.8. The number of nitrogens with one attached hydrogen (secondary N) is 2. The molecule has 0 aliphatic carbocycles. The van der Waals surface area contributed by atoms with Crippen LogP contribution < -0.4 is 5.32 Å². The van der Waals surface area contributed by atoms with E-state index in [4.69, 9.17) is 0 Å². The zero-order valence-corrected chi connectivity index (χ0v) is 17.0. The van der Waals surface area contributed by atoms with Gasteiger partial charge in [0.25, 0.3) is 0 Å². The number of rotatable bonds is 4. The van der Waals surface area contributed by atoms with E-state index in [-0.39, 0.29) is 23.7 Å². The molecule has 9 heteroatoms. The third-order valence-electron chi connectivity index (χ3n) is 4.79. The monoisotopic (exact) mass is 440 g/mol. The van der Waals surface area contributed by atoms with Crippen LogP contribution in [0.15, 0.2) is 16.6 Å². The first-order valence-electron chi connectivity index (χ1n) is 8.81. The molecule has 1 aliphatic heterocycles. The molecule has 1 fully saturated rings. The lowest BCUT2D eigenvalue weighted by molar-refractivity contribution is -0.135. The van der Waals surface area contributed by atoms with Crippen molar-refractivity contribution in [3.8, 4) is 0 Å². The van der Waals surface area contributed by atoms with Crippen LogP contribution >= 0.6 is 15.9 Å². The standard InChI is InChI=1S/C18H22BrFN4O3/c1-9(2)15(23-18(26)27-3)17(25)24-6-4-5-14(24)16-21-12-7-10(19)11(20)8-13(12)22-16/h7-9,14-15H,4-6H2,1-3H3,(H,21,22)(H,23,26)/t14-,15-/m0/s1. The van der Waals surface area contributed by atoms with Gasteiger partial charge >= 0.3 is 6.09 Å². The van der Waals surface area contributed by atoms with Crippen molar-refractivity contribution in [2.45, 2.75) is 38.8 Å². The number of carbonyl (C=O) groups is 2. The van der Waals surface area contributed by atoms with E-state index in [0.29, 0.717) is 27.9 Å². The maximum Gasteiger partial charge on any atom is 0.407 e. The van der Waals surface area contributed by atoms with Crippen molar-refractivity contribution in [2.24, 2.45) is 5.92 Å². The lowest BCUT2D eigenvalue weighted by atomic mass is 10.0. The van der Waals surface area contributed by atoms with Crippen molar-refractivity contribution in [2.75, 3.05) is 13.7 Å². The molecule has 2 atom stereocenters. The lowest BCUT2D eigenvalue weighted by Gasteiger charge is -2.29. The smallest absolute Gasteiger partial charge is 0.407 e. The fourth-order valence-corrected chi connectivity index (χ4v) is 3.71. The van der Waals surface area contributed by atoms with Crippen LogP contribution in [0.3, 0.4) is 0 Å². The van der Waals surface area contributed by atoms with Gasteiger partial charge in [0.05, 0.1) is 28.7 Å². The number of nitrogens with zero attached hydrogens (tertiary/aromatic N) is 2. The molecule has 0 radical (unpaired) electrons. The maximum absolute atomic E-state index is 13.8. The van der Waals surface area contributed by atoms with Crippen molar-refractivity contribution < 1.29 is 18.7 Å². The largest absolute Gasteiger partial charge is 0.453 e. The Hall–Kier alpha value is -2.16. The second kappa shape index (κ2) is 7.84. The fourth-order valence-electron chi connectivity index (χ4n) is 3.38. The van der Waals surface area contributed by atoms with Crippen LogP contribution in [-0.2, 0) is 9.53 Å². The minimum absolute atomic E-state index is 0.0985. The molecule has 2 N–H and O–H groups in total. The Morgan fingerprint density at radius 3 is 2.85 bits per heavy atom. The van der Waals surface area contributed by atoms with Crippen LogP contribution in [0, 0.1) is 11.7 Å². The molecule has 1 aromatic heterocycles. The number of methoxy groups -OCH3 is 1. The first-order valence-corrected chi connectivity index (χ1v) is 9.60. The number of fused-ring (bicyclic) bond motifs is 1. The Morgan fingerprint density at radius 2 is 2.19 bits per heavy atom. The summed E-state index contributed by atoms with van der Waals surface area (Å²) in [5, 5.41) is 2.62. The average Bonchev–Trinajstić information content (AvgIpc) is 3.25. The van der Waals surface area contributed by atoms with E-state index in [2.05, 4.69) is 36.0 Å². The SMILES string of the molecule is COC(=O)N[C@H](C(=O)N1CCC[C@H]1c1nc2cc(Br)c(F)cc2[nH]1)C(C)C. The Kier molecular flexibility index (Phi) is 5.69. The summed E-state index contributed by atoms with van der Waals surface area (Å²) in [5.74, 6) is -0.0302. The van der Waals surface area contributed by atoms with Crippen molar-refractivity contribution in [3.05, 3.63) is 28.2 Å². The molecule has 0 bridgehead atoms. The molecule has 1 aliphatic rings. The molecule has 146 valence electrons. The number of H-pyrrole nitrogens is 1. The number of likely N-dealkylation sites (tertiary alicyclic amines) is 1. The van der Waals surface area contributed by atoms with E-state index in [0.717, 1.165) is 12.8 Å². The van der Waals surface area contributed by atoms with Crippen LogP contribution in [0.1, 0.15) is 38.6 Å². The topological polar surface area (TPSA) is 87.3 Å². The maximum atomic E-state index is 13.8. The van der Waals surface area contributed by atoms with E-state index in [9.17, 15) is 14.0 Å². The molecule has 1 aromatic carbocycles. The Labute approximate surface area is 164 Å². The normalized spacial score (nSPS) is 18.1. The highest BCUT2D eigenvalue weighted by Gasteiger charge is 2.37. The molecule has 7 nitrogen and oxygen atoms in total. The minimum Gasteiger partial charge on any atom is -0.453 e. The zero-order valence-electron chi connectivity index (χ0n) is 15.4. The molecular weight excluding hydrogens is 419 g/mol. The number of amides is 2. The van der Waals surface area contributed by atoms with Gasteiger partial charge in [0.2, 0.25) is 5.91 Å². The lowest BCUT2D eigenvalue weighted by Crippen LogP contribution is -2.51. The predicted molar refractivity (Wildman–Crippen MR) is 102 cm³/mol. The summed E-state index contributed by atoms with van der Waals surface area (Å²) in [6.07, 6.45) is 0.939. The third kappa shape index (κ3) is 3.92. The first-order chi connectivity index (χ1) is 12.8. The zero-order chi connectivity index (χ0) is 19.7. The van der Waals surface area contributed by atoms with Gasteiger partial charge in [0, 0.05) is 12.6 Å².